The summed E-state index contributed by atoms with van der Waals surface area (Å²) in [7, 11) is 0. The van der Waals surface area contributed by atoms with Gasteiger partial charge in [-0.05, 0) is 151 Å². The second-order valence-electron chi connectivity index (χ2n) is 23.1. The first-order valence-electron chi connectivity index (χ1n) is 30.4. The molecule has 72 heavy (non-hydrogen) atoms. The third kappa shape index (κ3) is 32.3. The van der Waals surface area contributed by atoms with Crippen molar-refractivity contribution in [2.75, 3.05) is 59.3 Å². The van der Waals surface area contributed by atoms with Crippen LogP contribution in [0.3, 0.4) is 0 Å². The zero-order valence-electron chi connectivity index (χ0n) is 48.0. The summed E-state index contributed by atoms with van der Waals surface area (Å²) in [5, 5.41) is 0. The van der Waals surface area contributed by atoms with Gasteiger partial charge in [0.2, 0.25) is 0 Å². The topological polar surface area (TPSA) is 127 Å². The average molecular weight is 1020 g/mol. The number of carbonyl (C=O) groups is 4. The van der Waals surface area contributed by atoms with Crippen LogP contribution in [-0.2, 0) is 47.6 Å². The molecule has 0 radical (unpaired) electrons. The summed E-state index contributed by atoms with van der Waals surface area (Å²) in [6.45, 7) is 21.8. The first kappa shape index (κ1) is 65.9. The molecule has 422 valence electrons. The Labute approximate surface area is 442 Å². The third-order valence-electron chi connectivity index (χ3n) is 15.8. The fourth-order valence-electron chi connectivity index (χ4n) is 12.4. The molecule has 4 unspecified atom stereocenters. The molecular weight excluding hydrogens is 907 g/mol. The molecule has 0 saturated heterocycles. The SMILES string of the molecule is CCCCCCCCOC(CCC(=O)OCCCC12CC(CC(C)(CCCOC(=O)CCCCOC(=O)CCCCCCC)C1)CC(C)(CCCOC(=O)CCCN(CC)CC)C2)OCCCCCCCC. The predicted molar refractivity (Wildman–Crippen MR) is 293 cm³/mol. The molecule has 2 rings (SSSR count). The number of rotatable bonds is 48. The van der Waals surface area contributed by atoms with Gasteiger partial charge in [0.25, 0.3) is 0 Å². The van der Waals surface area contributed by atoms with Crippen LogP contribution in [0.1, 0.15) is 280 Å². The van der Waals surface area contributed by atoms with E-state index in [4.69, 9.17) is 28.4 Å². The van der Waals surface area contributed by atoms with E-state index in [0.717, 1.165) is 122 Å². The van der Waals surface area contributed by atoms with E-state index in [9.17, 15) is 19.2 Å². The summed E-state index contributed by atoms with van der Waals surface area (Å²) in [5.74, 6) is 0.0243. The maximum Gasteiger partial charge on any atom is 0.305 e. The molecule has 0 aromatic carbocycles. The molecule has 0 N–H and O–H groups in total. The monoisotopic (exact) mass is 1020 g/mol. The van der Waals surface area contributed by atoms with Crippen molar-refractivity contribution in [3.05, 3.63) is 0 Å². The summed E-state index contributed by atoms with van der Waals surface area (Å²) in [4.78, 5) is 52.9. The van der Waals surface area contributed by atoms with Gasteiger partial charge in [0.05, 0.1) is 32.8 Å². The van der Waals surface area contributed by atoms with Crippen molar-refractivity contribution in [2.24, 2.45) is 22.2 Å². The lowest BCUT2D eigenvalue weighted by atomic mass is 9.47. The van der Waals surface area contributed by atoms with Crippen molar-refractivity contribution in [3.63, 3.8) is 0 Å². The van der Waals surface area contributed by atoms with E-state index in [0.29, 0.717) is 90.5 Å². The molecular formula is C61H113NO10. The van der Waals surface area contributed by atoms with Gasteiger partial charge in [-0.2, -0.15) is 0 Å². The summed E-state index contributed by atoms with van der Waals surface area (Å²) in [6.07, 6.45) is 35.2. The van der Waals surface area contributed by atoms with E-state index in [2.05, 4.69) is 53.4 Å². The molecule has 0 amide bonds. The van der Waals surface area contributed by atoms with Crippen LogP contribution in [0, 0.1) is 22.2 Å². The Morgan fingerprint density at radius 1 is 0.431 bits per heavy atom. The third-order valence-corrected chi connectivity index (χ3v) is 15.8. The van der Waals surface area contributed by atoms with E-state index in [1.165, 1.54) is 83.5 Å². The van der Waals surface area contributed by atoms with Gasteiger partial charge in [-0.25, -0.2) is 0 Å². The second kappa shape index (κ2) is 41.0. The molecule has 4 atom stereocenters. The zero-order chi connectivity index (χ0) is 52.6. The van der Waals surface area contributed by atoms with Gasteiger partial charge in [-0.3, -0.25) is 19.2 Å². The van der Waals surface area contributed by atoms with Crippen LogP contribution in [0.5, 0.6) is 0 Å². The highest BCUT2D eigenvalue weighted by Gasteiger charge is 2.52. The second-order valence-corrected chi connectivity index (χ2v) is 23.1. The van der Waals surface area contributed by atoms with Crippen molar-refractivity contribution >= 4 is 23.9 Å². The number of nitrogens with zero attached hydrogens (tertiary/aromatic N) is 1. The molecule has 0 heterocycles. The molecule has 2 aliphatic carbocycles. The number of fused-ring (bicyclic) bond motifs is 2. The lowest BCUT2D eigenvalue weighted by Crippen LogP contribution is -2.47. The van der Waals surface area contributed by atoms with Crippen LogP contribution in [0.2, 0.25) is 0 Å². The van der Waals surface area contributed by atoms with Crippen molar-refractivity contribution < 1.29 is 47.6 Å². The number of ether oxygens (including phenoxy) is 6. The number of esters is 4. The standard InChI is InChI=1S/C61H113NO10/c1-8-13-16-19-22-26-43-71-58(72-44-27-23-20-17-14-9-2)37-36-57(66)70-47-32-40-61-50-53(49-60(7,52-61)39-31-46-69-56(65)35-29-41-62(11-4)12-5)48-59(6,51-61)38-30-45-68-55(64)34-25-28-42-67-54(63)33-24-21-18-15-10-3/h53,58H,8-52H2,1-7H3. The quantitative estimate of drug-likeness (QED) is 0.0250. The van der Waals surface area contributed by atoms with Gasteiger partial charge in [0, 0.05) is 38.9 Å². The summed E-state index contributed by atoms with van der Waals surface area (Å²) in [5.41, 5.74) is 0.416. The minimum absolute atomic E-state index is 0.0847. The molecule has 2 aliphatic rings. The minimum atomic E-state index is -0.374. The molecule has 2 fully saturated rings. The van der Waals surface area contributed by atoms with Crippen LogP contribution in [0.4, 0.5) is 0 Å². The lowest BCUT2D eigenvalue weighted by Gasteiger charge is -2.58. The Morgan fingerprint density at radius 2 is 0.806 bits per heavy atom. The largest absolute Gasteiger partial charge is 0.466 e. The van der Waals surface area contributed by atoms with E-state index in [-0.39, 0.29) is 46.4 Å². The first-order valence-corrected chi connectivity index (χ1v) is 30.4. The van der Waals surface area contributed by atoms with Gasteiger partial charge in [0.15, 0.2) is 6.29 Å². The highest BCUT2D eigenvalue weighted by atomic mass is 16.7. The van der Waals surface area contributed by atoms with E-state index in [1.807, 2.05) is 0 Å². The number of hydrogen-bond acceptors (Lipinski definition) is 11. The summed E-state index contributed by atoms with van der Waals surface area (Å²) >= 11 is 0. The van der Waals surface area contributed by atoms with E-state index in [1.54, 1.807) is 0 Å². The Balaban J connectivity index is 1.93. The lowest BCUT2D eigenvalue weighted by molar-refractivity contribution is -0.159. The zero-order valence-corrected chi connectivity index (χ0v) is 48.0. The molecule has 0 spiro atoms. The van der Waals surface area contributed by atoms with Gasteiger partial charge in [-0.1, -0.05) is 138 Å². The van der Waals surface area contributed by atoms with E-state index >= 15 is 0 Å². The molecule has 11 nitrogen and oxygen atoms in total. The summed E-state index contributed by atoms with van der Waals surface area (Å²) < 4.78 is 35.2. The molecule has 11 heteroatoms. The maximum atomic E-state index is 13.2. The molecule has 0 aromatic rings. The van der Waals surface area contributed by atoms with Gasteiger partial charge in [0.1, 0.15) is 0 Å². The van der Waals surface area contributed by atoms with Crippen LogP contribution >= 0.6 is 0 Å². The fourth-order valence-corrected chi connectivity index (χ4v) is 12.4. The number of carbonyl (C=O) groups excluding carboxylic acids is 4. The van der Waals surface area contributed by atoms with Crippen molar-refractivity contribution in [3.8, 4) is 0 Å². The first-order chi connectivity index (χ1) is 34.8. The number of hydrogen-bond donors (Lipinski definition) is 0. The Morgan fingerprint density at radius 3 is 1.28 bits per heavy atom. The highest BCUT2D eigenvalue weighted by molar-refractivity contribution is 5.70. The van der Waals surface area contributed by atoms with Gasteiger partial charge < -0.3 is 33.3 Å². The molecule has 0 aliphatic heterocycles. The fraction of sp³-hybridized carbons (Fsp3) is 0.934. The normalized spacial score (nSPS) is 20.8. The minimum Gasteiger partial charge on any atom is -0.466 e. The van der Waals surface area contributed by atoms with Gasteiger partial charge >= 0.3 is 23.9 Å². The Hall–Kier alpha value is -2.24. The highest BCUT2D eigenvalue weighted by Crippen LogP contribution is 2.64. The van der Waals surface area contributed by atoms with Crippen LogP contribution in [-0.4, -0.2) is 94.3 Å². The Kier molecular flexibility index (Phi) is 37.5. The molecule has 0 aromatic heterocycles. The molecule has 2 saturated carbocycles. The van der Waals surface area contributed by atoms with Crippen molar-refractivity contribution in [2.45, 2.75) is 286 Å². The van der Waals surface area contributed by atoms with Crippen LogP contribution in [0.25, 0.3) is 0 Å². The predicted octanol–water partition coefficient (Wildman–Crippen LogP) is 15.6. The molecule has 2 bridgehead atoms. The number of unbranched alkanes of at least 4 members (excludes halogenated alkanes) is 15. The maximum absolute atomic E-state index is 13.2. The smallest absolute Gasteiger partial charge is 0.305 e. The average Bonchev–Trinajstić information content (AvgIpc) is 3.34. The van der Waals surface area contributed by atoms with Crippen molar-refractivity contribution in [1.29, 1.82) is 0 Å². The van der Waals surface area contributed by atoms with Gasteiger partial charge in [-0.15, -0.1) is 0 Å². The van der Waals surface area contributed by atoms with E-state index < -0.39 is 0 Å². The van der Waals surface area contributed by atoms with Crippen LogP contribution < -0.4 is 0 Å². The van der Waals surface area contributed by atoms with Crippen LogP contribution in [0.15, 0.2) is 0 Å². The summed E-state index contributed by atoms with van der Waals surface area (Å²) in [6, 6.07) is 0. The Bertz CT molecular complexity index is 1370. The van der Waals surface area contributed by atoms with Crippen molar-refractivity contribution in [1.82, 2.24) is 4.90 Å².